The van der Waals surface area contributed by atoms with Crippen molar-refractivity contribution in [2.24, 2.45) is 0 Å². The first kappa shape index (κ1) is 49.7. The normalized spacial score (nSPS) is 14.3. The molecule has 0 N–H and O–H groups in total. The Kier molecular flexibility index (Phi) is 10.3. The Hall–Kier alpha value is -11.4. The summed E-state index contributed by atoms with van der Waals surface area (Å²) in [6.45, 7) is 0. The third kappa shape index (κ3) is 6.40. The van der Waals surface area contributed by atoms with Crippen LogP contribution in [0.4, 0.5) is 17.1 Å². The maximum Gasteiger partial charge on any atom is 0.0726 e. The van der Waals surface area contributed by atoms with E-state index in [1.165, 1.54) is 178 Å². The van der Waals surface area contributed by atoms with Gasteiger partial charge in [0, 0.05) is 46.5 Å². The van der Waals surface area contributed by atoms with Crippen LogP contribution in [-0.4, -0.2) is 9.55 Å². The van der Waals surface area contributed by atoms with E-state index in [0.29, 0.717) is 0 Å². The molecule has 0 saturated carbocycles. The predicted octanol–water partition coefficient (Wildman–Crippen LogP) is 21.2. The van der Waals surface area contributed by atoms with E-state index in [9.17, 15) is 0 Å². The van der Waals surface area contributed by atoms with Gasteiger partial charge in [0.2, 0.25) is 0 Å². The summed E-state index contributed by atoms with van der Waals surface area (Å²) in [5.74, 6) is 0. The molecule has 90 heavy (non-hydrogen) atoms. The highest BCUT2D eigenvalue weighted by Crippen LogP contribution is 2.67. The van der Waals surface area contributed by atoms with Crippen LogP contribution >= 0.6 is 0 Å². The molecule has 2 spiro atoms. The van der Waals surface area contributed by atoms with Crippen molar-refractivity contribution in [1.29, 1.82) is 0 Å². The minimum atomic E-state index is -0.418. The van der Waals surface area contributed by atoms with Crippen LogP contribution in [0.25, 0.3) is 94.3 Å². The third-order valence-corrected chi connectivity index (χ3v) is 21.0. The second-order valence-corrected chi connectivity index (χ2v) is 25.1. The fourth-order valence-electron chi connectivity index (χ4n) is 17.7. The topological polar surface area (TPSA) is 21.1 Å². The Morgan fingerprint density at radius 3 is 1.46 bits per heavy atom. The van der Waals surface area contributed by atoms with Crippen LogP contribution < -0.4 is 4.90 Å². The molecule has 13 aromatic carbocycles. The minimum Gasteiger partial charge on any atom is -0.310 e. The van der Waals surface area contributed by atoms with Gasteiger partial charge >= 0.3 is 0 Å². The van der Waals surface area contributed by atoms with Crippen molar-refractivity contribution in [3.8, 4) is 72.4 Å². The number of fused-ring (bicyclic) bond motifs is 28. The number of rotatable bonds is 3. The SMILES string of the molecule is c1ccc(N2c3ccccc3Cc3cc4c(cc32)-c2c(-c3cccc5c3Cc3ccccc3-5)cccc2C42c3ccccc3-c3ccccc32)cc1.c1ccc2c(c1)-c1ccccc1C21c2ccccc2-c2c(-n3c4ccccc4c4cnccc43)cccc21. The molecule has 0 unspecified atom stereocenters. The number of para-hydroxylation sites is 3. The van der Waals surface area contributed by atoms with Gasteiger partial charge in [-0.15, -0.1) is 0 Å². The smallest absolute Gasteiger partial charge is 0.0726 e. The monoisotopic (exact) mass is 1140 g/mol. The number of aromatic nitrogens is 2. The molecule has 418 valence electrons. The van der Waals surface area contributed by atoms with Crippen molar-refractivity contribution in [2.75, 3.05) is 4.90 Å². The van der Waals surface area contributed by atoms with Crippen molar-refractivity contribution < 1.29 is 0 Å². The van der Waals surface area contributed by atoms with Gasteiger partial charge in [0.05, 0.1) is 33.2 Å². The van der Waals surface area contributed by atoms with Gasteiger partial charge < -0.3 is 9.47 Å². The van der Waals surface area contributed by atoms with Gasteiger partial charge in [0.15, 0.2) is 0 Å². The highest BCUT2D eigenvalue weighted by Gasteiger charge is 2.54. The predicted molar refractivity (Wildman–Crippen MR) is 369 cm³/mol. The summed E-state index contributed by atoms with van der Waals surface area (Å²) < 4.78 is 2.44. The largest absolute Gasteiger partial charge is 0.310 e. The Labute approximate surface area is 522 Å². The number of anilines is 3. The van der Waals surface area contributed by atoms with Gasteiger partial charge in [-0.05, 0) is 177 Å². The summed E-state index contributed by atoms with van der Waals surface area (Å²) in [5.41, 5.74) is 39.2. The summed E-state index contributed by atoms with van der Waals surface area (Å²) in [7, 11) is 0. The highest BCUT2D eigenvalue weighted by molar-refractivity contribution is 6.10. The van der Waals surface area contributed by atoms with E-state index in [1.807, 2.05) is 12.4 Å². The van der Waals surface area contributed by atoms with Crippen LogP contribution in [0.3, 0.4) is 0 Å². The number of hydrogen-bond donors (Lipinski definition) is 0. The van der Waals surface area contributed by atoms with E-state index >= 15 is 0 Å². The first-order chi connectivity index (χ1) is 44.7. The van der Waals surface area contributed by atoms with Crippen molar-refractivity contribution >= 4 is 38.9 Å². The molecule has 2 aromatic heterocycles. The summed E-state index contributed by atoms with van der Waals surface area (Å²) in [6.07, 6.45) is 5.75. The van der Waals surface area contributed by atoms with Crippen LogP contribution in [0.5, 0.6) is 0 Å². The van der Waals surface area contributed by atoms with Gasteiger partial charge in [-0.2, -0.15) is 0 Å². The standard InChI is InChI=1S/C51H33N.C36H22N2/c1-2-16-35(17-3-1)52-48-27-11-5-15-33(48)28-34-30-47-43(31-49(34)52)50-41(38-22-12-21-37-36-18-6-4-14-32(36)29-42(37)38)23-13-26-46(50)51(47)44-24-9-7-19-39(44)40-20-8-10-25-45(40)51;1-5-14-28-23(10-1)24-11-2-6-15-29(24)36(28)30-16-7-3-13-26(30)35-31(36)17-9-19-34(35)38-32-18-8-4-12-25(32)27-22-37-21-20-33(27)38/h1-27,30-31H,28-29H2;1-22H. The van der Waals surface area contributed by atoms with Gasteiger partial charge in [0.25, 0.3) is 0 Å². The fourth-order valence-corrected chi connectivity index (χ4v) is 17.7. The Bertz CT molecular complexity index is 5440. The molecule has 3 heterocycles. The molecule has 3 nitrogen and oxygen atoms in total. The number of benzene rings is 13. The lowest BCUT2D eigenvalue weighted by atomic mass is 9.70. The molecule has 0 atom stereocenters. The van der Waals surface area contributed by atoms with E-state index in [-0.39, 0.29) is 5.41 Å². The lowest BCUT2D eigenvalue weighted by Crippen LogP contribution is -2.26. The van der Waals surface area contributed by atoms with Crippen molar-refractivity contribution in [3.63, 3.8) is 0 Å². The zero-order valence-electron chi connectivity index (χ0n) is 49.2. The van der Waals surface area contributed by atoms with E-state index in [0.717, 1.165) is 12.8 Å². The molecule has 0 saturated heterocycles. The maximum absolute atomic E-state index is 4.47. The first-order valence-electron chi connectivity index (χ1n) is 31.6. The lowest BCUT2D eigenvalue weighted by Gasteiger charge is -2.35. The average molecular weight is 1140 g/mol. The van der Waals surface area contributed by atoms with Crippen LogP contribution in [0.2, 0.25) is 0 Å². The molecule has 0 radical (unpaired) electrons. The second kappa shape index (κ2) is 18.6. The lowest BCUT2D eigenvalue weighted by molar-refractivity contribution is 0.791. The zero-order chi connectivity index (χ0) is 58.8. The van der Waals surface area contributed by atoms with Crippen molar-refractivity contribution in [1.82, 2.24) is 9.55 Å². The molecule has 5 aliphatic carbocycles. The van der Waals surface area contributed by atoms with Crippen LogP contribution in [0, 0.1) is 0 Å². The molecule has 0 amide bonds. The molecule has 21 rings (SSSR count). The van der Waals surface area contributed by atoms with Crippen LogP contribution in [-0.2, 0) is 23.7 Å². The van der Waals surface area contributed by atoms with E-state index in [1.54, 1.807) is 0 Å². The Balaban J connectivity index is 0.000000132. The molecule has 6 aliphatic rings. The summed E-state index contributed by atoms with van der Waals surface area (Å²) in [4.78, 5) is 6.97. The van der Waals surface area contributed by atoms with Crippen molar-refractivity contribution in [3.05, 3.63) is 376 Å². The zero-order valence-corrected chi connectivity index (χ0v) is 49.2. The van der Waals surface area contributed by atoms with Crippen molar-refractivity contribution in [2.45, 2.75) is 23.7 Å². The summed E-state index contributed by atoms with van der Waals surface area (Å²) in [5, 5.41) is 2.41. The molecular weight excluding hydrogens is 1090 g/mol. The molecule has 0 bridgehead atoms. The number of pyridine rings is 1. The summed E-state index contributed by atoms with van der Waals surface area (Å²) in [6, 6.07) is 111. The van der Waals surface area contributed by atoms with Gasteiger partial charge in [0.1, 0.15) is 0 Å². The Morgan fingerprint density at radius 1 is 0.278 bits per heavy atom. The molecule has 0 fully saturated rings. The van der Waals surface area contributed by atoms with Gasteiger partial charge in [-0.25, -0.2) is 0 Å². The number of nitrogens with zero attached hydrogens (tertiary/aromatic N) is 3. The number of hydrogen-bond acceptors (Lipinski definition) is 2. The molecular formula is C87H55N3. The summed E-state index contributed by atoms with van der Waals surface area (Å²) >= 11 is 0. The molecule has 3 heteroatoms. The van der Waals surface area contributed by atoms with Crippen LogP contribution in [0.1, 0.15) is 66.8 Å². The Morgan fingerprint density at radius 2 is 0.756 bits per heavy atom. The van der Waals surface area contributed by atoms with E-state index < -0.39 is 5.41 Å². The second-order valence-electron chi connectivity index (χ2n) is 25.1. The van der Waals surface area contributed by atoms with E-state index in [2.05, 4.69) is 312 Å². The van der Waals surface area contributed by atoms with Gasteiger partial charge in [-0.3, -0.25) is 4.98 Å². The van der Waals surface area contributed by atoms with Crippen LogP contribution in [0.15, 0.2) is 310 Å². The van der Waals surface area contributed by atoms with Gasteiger partial charge in [-0.1, -0.05) is 255 Å². The molecule has 15 aromatic rings. The minimum absolute atomic E-state index is 0.338. The highest BCUT2D eigenvalue weighted by atomic mass is 15.2. The molecule has 1 aliphatic heterocycles. The third-order valence-electron chi connectivity index (χ3n) is 21.0. The quantitative estimate of drug-likeness (QED) is 0.176. The first-order valence-corrected chi connectivity index (χ1v) is 31.6. The maximum atomic E-state index is 4.47. The average Bonchev–Trinajstić information content (AvgIpc) is 1.51. The van der Waals surface area contributed by atoms with E-state index in [4.69, 9.17) is 0 Å². The fraction of sp³-hybridized carbons (Fsp3) is 0.0460.